The first-order chi connectivity index (χ1) is 12.9. The summed E-state index contributed by atoms with van der Waals surface area (Å²) in [7, 11) is -2.28. The molecule has 0 unspecified atom stereocenters. The summed E-state index contributed by atoms with van der Waals surface area (Å²) in [6.45, 7) is 12.8. The molecule has 7 heteroatoms. The third kappa shape index (κ3) is 3.78. The minimum Gasteiger partial charge on any atom is -0.463 e. The molecule has 0 aromatic carbocycles. The van der Waals surface area contributed by atoms with Crippen molar-refractivity contribution in [2.24, 2.45) is 11.8 Å². The number of carbonyl (C=O) groups is 2. The Morgan fingerprint density at radius 1 is 1.43 bits per heavy atom. The number of ketones is 1. The predicted molar refractivity (Wildman–Crippen MR) is 116 cm³/mol. The summed E-state index contributed by atoms with van der Waals surface area (Å²) in [5.74, 6) is -0.878. The first kappa shape index (κ1) is 23.4. The highest BCUT2D eigenvalue weighted by atomic mass is 32.2. The van der Waals surface area contributed by atoms with Crippen LogP contribution in [-0.4, -0.2) is 55.0 Å². The molecule has 2 rings (SSSR count). The maximum Gasteiger partial charge on any atom is 0.330 e. The quantitative estimate of drug-likeness (QED) is 0.380. The van der Waals surface area contributed by atoms with Gasteiger partial charge in [-0.2, -0.15) is 11.8 Å². The Labute approximate surface area is 174 Å². The second-order valence-corrected chi connectivity index (χ2v) is 14.8. The second-order valence-electron chi connectivity index (χ2n) is 9.23. The zero-order valence-corrected chi connectivity index (χ0v) is 19.9. The summed E-state index contributed by atoms with van der Waals surface area (Å²) in [5.41, 5.74) is -2.68. The molecule has 28 heavy (non-hydrogen) atoms. The highest BCUT2D eigenvalue weighted by Crippen LogP contribution is 2.57. The summed E-state index contributed by atoms with van der Waals surface area (Å²) in [6.07, 6.45) is 8.85. The highest BCUT2D eigenvalue weighted by molar-refractivity contribution is 7.98. The van der Waals surface area contributed by atoms with E-state index in [2.05, 4.69) is 33.9 Å². The third-order valence-corrected chi connectivity index (χ3v) is 11.7. The van der Waals surface area contributed by atoms with E-state index in [9.17, 15) is 14.7 Å². The number of aliphatic hydroxyl groups is 1. The molecule has 0 aliphatic heterocycles. The summed E-state index contributed by atoms with van der Waals surface area (Å²) < 4.78 is 11.8. The number of ether oxygens (including phenoxy) is 1. The lowest BCUT2D eigenvalue weighted by atomic mass is 9.73. The van der Waals surface area contributed by atoms with Gasteiger partial charge in [-0.15, -0.1) is 0 Å². The zero-order valence-electron chi connectivity index (χ0n) is 18.1. The Morgan fingerprint density at radius 3 is 2.61 bits per heavy atom. The maximum absolute atomic E-state index is 13.0. The van der Waals surface area contributed by atoms with Crippen LogP contribution in [0.1, 0.15) is 34.1 Å². The Morgan fingerprint density at radius 2 is 2.07 bits per heavy atom. The van der Waals surface area contributed by atoms with Gasteiger partial charge in [0.05, 0.1) is 6.61 Å². The van der Waals surface area contributed by atoms with Gasteiger partial charge in [-0.05, 0) is 43.8 Å². The molecule has 158 valence electrons. The fourth-order valence-electron chi connectivity index (χ4n) is 4.01. The van der Waals surface area contributed by atoms with Crippen LogP contribution in [-0.2, 0) is 18.8 Å². The fourth-order valence-corrected chi connectivity index (χ4v) is 6.64. The van der Waals surface area contributed by atoms with Gasteiger partial charge in [0.1, 0.15) is 5.60 Å². The molecule has 1 N–H and O–H groups in total. The van der Waals surface area contributed by atoms with E-state index in [1.54, 1.807) is 24.8 Å². The minimum absolute atomic E-state index is 0.0608. The van der Waals surface area contributed by atoms with E-state index in [4.69, 9.17) is 9.16 Å². The van der Waals surface area contributed by atoms with E-state index in [1.807, 2.05) is 12.3 Å². The average Bonchev–Trinajstić information content (AvgIpc) is 2.70. The van der Waals surface area contributed by atoms with Crippen molar-refractivity contribution in [3.63, 3.8) is 0 Å². The first-order valence-electron chi connectivity index (χ1n) is 9.85. The van der Waals surface area contributed by atoms with Gasteiger partial charge >= 0.3 is 5.97 Å². The summed E-state index contributed by atoms with van der Waals surface area (Å²) >= 11 is 1.58. The van der Waals surface area contributed by atoms with E-state index < -0.39 is 31.4 Å². The van der Waals surface area contributed by atoms with E-state index in [1.165, 1.54) is 12.2 Å². The molecule has 0 aromatic heterocycles. The van der Waals surface area contributed by atoms with E-state index in [0.717, 1.165) is 0 Å². The molecule has 0 aromatic rings. The van der Waals surface area contributed by atoms with Gasteiger partial charge in [0.25, 0.3) is 0 Å². The normalized spacial score (nSPS) is 32.9. The van der Waals surface area contributed by atoms with Crippen molar-refractivity contribution in [2.75, 3.05) is 18.6 Å². The lowest BCUT2D eigenvalue weighted by Crippen LogP contribution is -2.68. The molecular formula is C21H34O5SSi. The van der Waals surface area contributed by atoms with Gasteiger partial charge in [-0.25, -0.2) is 4.79 Å². The van der Waals surface area contributed by atoms with Crippen molar-refractivity contribution < 1.29 is 23.9 Å². The van der Waals surface area contributed by atoms with Gasteiger partial charge in [0.2, 0.25) is 0 Å². The predicted octanol–water partition coefficient (Wildman–Crippen LogP) is 3.74. The van der Waals surface area contributed by atoms with E-state index >= 15 is 0 Å². The molecule has 5 nitrogen and oxygen atoms in total. The van der Waals surface area contributed by atoms with Crippen molar-refractivity contribution in [3.05, 3.63) is 24.3 Å². The van der Waals surface area contributed by atoms with Crippen LogP contribution in [0.2, 0.25) is 18.1 Å². The van der Waals surface area contributed by atoms with Crippen LogP contribution in [0.4, 0.5) is 0 Å². The number of hydrogen-bond acceptors (Lipinski definition) is 6. The van der Waals surface area contributed by atoms with Crippen molar-refractivity contribution in [1.82, 2.24) is 0 Å². The first-order valence-corrected chi connectivity index (χ1v) is 14.1. The lowest BCUT2D eigenvalue weighted by molar-refractivity contribution is -0.163. The SMILES string of the molecule is CCOC(=O)/C=C/[C@H]1C[C@H]2C=CC(=O)[C@]1(O)[C@@]2(CSC)O[Si](C)(C)C(C)(C)C. The number of fused-ring (bicyclic) bond motifs is 2. The molecule has 2 bridgehead atoms. The van der Waals surface area contributed by atoms with E-state index in [-0.39, 0.29) is 23.3 Å². The molecule has 0 radical (unpaired) electrons. The van der Waals surface area contributed by atoms with Gasteiger partial charge < -0.3 is 14.3 Å². The monoisotopic (exact) mass is 426 g/mol. The van der Waals surface area contributed by atoms with Crippen LogP contribution in [0.15, 0.2) is 24.3 Å². The summed E-state index contributed by atoms with van der Waals surface area (Å²) in [5, 5.41) is 11.8. The Balaban J connectivity index is 2.52. The largest absolute Gasteiger partial charge is 0.463 e. The summed E-state index contributed by atoms with van der Waals surface area (Å²) in [4.78, 5) is 24.8. The number of hydrogen-bond donors (Lipinski definition) is 1. The van der Waals surface area contributed by atoms with Crippen LogP contribution >= 0.6 is 11.8 Å². The molecule has 1 saturated carbocycles. The molecule has 0 heterocycles. The Kier molecular flexibility index (Phi) is 6.76. The van der Waals surface area contributed by atoms with Gasteiger partial charge in [-0.1, -0.05) is 32.9 Å². The maximum atomic E-state index is 13.0. The second kappa shape index (κ2) is 8.09. The molecule has 1 fully saturated rings. The number of carbonyl (C=O) groups excluding carboxylic acids is 2. The molecular weight excluding hydrogens is 392 g/mol. The third-order valence-electron chi connectivity index (χ3n) is 6.50. The standard InChI is InChI=1S/C21H34O5SSi/c1-8-25-18(23)12-10-16-13-15-9-11-17(22)21(16,24)20(15,14-27-5)26-28(6,7)19(2,3)4/h9-12,15-16,24H,8,13-14H2,1-7H3/b12-10+/t15-,16+,20+,21+/m1/s1. The van der Waals surface area contributed by atoms with Crippen molar-refractivity contribution in [1.29, 1.82) is 0 Å². The Bertz CT molecular complexity index is 681. The van der Waals surface area contributed by atoms with E-state index in [0.29, 0.717) is 12.2 Å². The van der Waals surface area contributed by atoms with Crippen LogP contribution < -0.4 is 0 Å². The topological polar surface area (TPSA) is 72.8 Å². The summed E-state index contributed by atoms with van der Waals surface area (Å²) in [6, 6.07) is 0. The van der Waals surface area contributed by atoms with Crippen molar-refractivity contribution in [2.45, 2.75) is 63.5 Å². The average molecular weight is 427 g/mol. The molecule has 0 spiro atoms. The van der Waals surface area contributed by atoms with Crippen LogP contribution in [0, 0.1) is 11.8 Å². The number of rotatable bonds is 7. The Hall–Kier alpha value is -0.893. The fraction of sp³-hybridized carbons (Fsp3) is 0.714. The molecule has 2 aliphatic rings. The van der Waals surface area contributed by atoms with Crippen LogP contribution in [0.25, 0.3) is 0 Å². The van der Waals surface area contributed by atoms with Crippen LogP contribution in [0.5, 0.6) is 0 Å². The van der Waals surface area contributed by atoms with Gasteiger partial charge in [0, 0.05) is 23.7 Å². The molecule has 2 aliphatic carbocycles. The van der Waals surface area contributed by atoms with Gasteiger partial charge in [-0.3, -0.25) is 4.79 Å². The molecule has 4 atom stereocenters. The minimum atomic E-state index is -2.28. The van der Waals surface area contributed by atoms with Crippen molar-refractivity contribution >= 4 is 31.8 Å². The van der Waals surface area contributed by atoms with Gasteiger partial charge in [0.15, 0.2) is 19.7 Å². The smallest absolute Gasteiger partial charge is 0.330 e. The lowest BCUT2D eigenvalue weighted by Gasteiger charge is -2.52. The molecule has 0 amide bonds. The zero-order chi connectivity index (χ0) is 21.4. The van der Waals surface area contributed by atoms with Crippen molar-refractivity contribution in [3.8, 4) is 0 Å². The number of esters is 1. The van der Waals surface area contributed by atoms with Crippen LogP contribution in [0.3, 0.4) is 0 Å². The molecule has 0 saturated heterocycles. The number of thioether (sulfide) groups is 1. The highest BCUT2D eigenvalue weighted by Gasteiger charge is 2.70.